The maximum atomic E-state index is 5.27. The van der Waals surface area contributed by atoms with E-state index < -0.39 is 0 Å². The molecule has 0 aliphatic carbocycles. The van der Waals surface area contributed by atoms with Gasteiger partial charge in [0.1, 0.15) is 22.5 Å². The van der Waals surface area contributed by atoms with Gasteiger partial charge in [-0.2, -0.15) is 0 Å². The Morgan fingerprint density at radius 1 is 0.880 bits per heavy atom. The normalized spacial score (nSPS) is 10.8. The summed E-state index contributed by atoms with van der Waals surface area (Å²) >= 11 is 0. The zero-order valence-electron chi connectivity index (χ0n) is 14.1. The molecule has 0 radical (unpaired) electrons. The Kier molecular flexibility index (Phi) is 3.82. The highest BCUT2D eigenvalue weighted by molar-refractivity contribution is 5.77. The van der Waals surface area contributed by atoms with Gasteiger partial charge in [0.25, 0.3) is 0 Å². The van der Waals surface area contributed by atoms with Gasteiger partial charge in [0.05, 0.1) is 12.8 Å². The molecule has 1 aromatic heterocycles. The van der Waals surface area contributed by atoms with Gasteiger partial charge < -0.3 is 10.1 Å². The molecule has 5 nitrogen and oxygen atoms in total. The number of anilines is 2. The van der Waals surface area contributed by atoms with Crippen LogP contribution in [0.2, 0.25) is 0 Å². The summed E-state index contributed by atoms with van der Waals surface area (Å²) in [6.07, 6.45) is 0. The molecule has 0 saturated heterocycles. The second-order valence-electron chi connectivity index (χ2n) is 5.86. The lowest BCUT2D eigenvalue weighted by atomic mass is 10.2. The van der Waals surface area contributed by atoms with Crippen molar-refractivity contribution in [3.63, 3.8) is 0 Å². The second-order valence-corrected chi connectivity index (χ2v) is 5.86. The van der Waals surface area contributed by atoms with Crippen molar-refractivity contribution >= 4 is 22.4 Å². The third-order valence-electron chi connectivity index (χ3n) is 4.01. The van der Waals surface area contributed by atoms with E-state index in [2.05, 4.69) is 34.6 Å². The van der Waals surface area contributed by atoms with Gasteiger partial charge in [0, 0.05) is 11.8 Å². The maximum absolute atomic E-state index is 5.27. The fourth-order valence-electron chi connectivity index (χ4n) is 2.73. The summed E-state index contributed by atoms with van der Waals surface area (Å²) in [7, 11) is 1.65. The third-order valence-corrected chi connectivity index (χ3v) is 4.01. The Balaban J connectivity index is 1.79. The van der Waals surface area contributed by atoms with E-state index >= 15 is 0 Å². The maximum Gasteiger partial charge on any atom is 0.121 e. The van der Waals surface area contributed by atoms with Crippen LogP contribution in [0.1, 0.15) is 5.56 Å². The van der Waals surface area contributed by atoms with E-state index in [0.717, 1.165) is 33.8 Å². The van der Waals surface area contributed by atoms with Crippen LogP contribution in [0.15, 0.2) is 66.7 Å². The van der Waals surface area contributed by atoms with E-state index in [4.69, 9.17) is 4.74 Å². The summed E-state index contributed by atoms with van der Waals surface area (Å²) < 4.78 is 5.27. The van der Waals surface area contributed by atoms with Crippen molar-refractivity contribution in [1.82, 2.24) is 15.0 Å². The molecule has 4 aromatic rings. The minimum atomic E-state index is 0.770. The molecule has 1 N–H and O–H groups in total. The monoisotopic (exact) mass is 330 g/mol. The first kappa shape index (κ1) is 15.2. The molecule has 1 heterocycles. The number of ether oxygens (including phenoxy) is 1. The number of nitrogens with one attached hydrogen (secondary N) is 1. The molecule has 0 spiro atoms. The Labute approximate surface area is 145 Å². The summed E-state index contributed by atoms with van der Waals surface area (Å²) in [5.74, 6) is 0.770. The molecule has 5 heteroatoms. The van der Waals surface area contributed by atoms with Crippen molar-refractivity contribution in [2.75, 3.05) is 12.4 Å². The summed E-state index contributed by atoms with van der Waals surface area (Å²) in [4.78, 5) is 1.66. The molecule has 0 aliphatic heterocycles. The van der Waals surface area contributed by atoms with Crippen LogP contribution < -0.4 is 10.1 Å². The van der Waals surface area contributed by atoms with Gasteiger partial charge in [0.15, 0.2) is 0 Å². The first-order chi connectivity index (χ1) is 12.2. The average molecular weight is 330 g/mol. The summed E-state index contributed by atoms with van der Waals surface area (Å²) in [5, 5.41) is 12.7. The van der Waals surface area contributed by atoms with Gasteiger partial charge in [-0.05, 0) is 48.9 Å². The zero-order chi connectivity index (χ0) is 17.2. The first-order valence-corrected chi connectivity index (χ1v) is 8.07. The molecular weight excluding hydrogens is 312 g/mol. The zero-order valence-corrected chi connectivity index (χ0v) is 14.1. The molecule has 4 rings (SSSR count). The van der Waals surface area contributed by atoms with E-state index in [1.165, 1.54) is 5.56 Å². The molecule has 3 aromatic carbocycles. The van der Waals surface area contributed by atoms with Crippen LogP contribution in [-0.2, 0) is 0 Å². The minimum absolute atomic E-state index is 0.770. The summed E-state index contributed by atoms with van der Waals surface area (Å²) in [6, 6.07) is 21.9. The second kappa shape index (κ2) is 6.28. The van der Waals surface area contributed by atoms with Crippen LogP contribution in [0, 0.1) is 6.92 Å². The van der Waals surface area contributed by atoms with Crippen LogP contribution in [0.25, 0.3) is 16.7 Å². The number of para-hydroxylation sites is 1. The Hall–Kier alpha value is -3.34. The quantitative estimate of drug-likeness (QED) is 0.599. The molecule has 124 valence electrons. The summed E-state index contributed by atoms with van der Waals surface area (Å²) in [6.45, 7) is 2.07. The molecule has 0 atom stereocenters. The molecule has 0 aliphatic rings. The minimum Gasteiger partial charge on any atom is -0.497 e. The van der Waals surface area contributed by atoms with Gasteiger partial charge in [-0.15, -0.1) is 15.0 Å². The van der Waals surface area contributed by atoms with Crippen molar-refractivity contribution in [2.24, 2.45) is 0 Å². The van der Waals surface area contributed by atoms with Gasteiger partial charge in [0.2, 0.25) is 0 Å². The fourth-order valence-corrected chi connectivity index (χ4v) is 2.73. The highest BCUT2D eigenvalue weighted by atomic mass is 16.5. The van der Waals surface area contributed by atoms with Gasteiger partial charge >= 0.3 is 0 Å². The lowest BCUT2D eigenvalue weighted by molar-refractivity contribution is 0.415. The van der Waals surface area contributed by atoms with Gasteiger partial charge in [-0.3, -0.25) is 0 Å². The van der Waals surface area contributed by atoms with Crippen LogP contribution in [-0.4, -0.2) is 22.1 Å². The smallest absolute Gasteiger partial charge is 0.121 e. The van der Waals surface area contributed by atoms with E-state index in [1.54, 1.807) is 11.9 Å². The number of hydrogen-bond donors (Lipinski definition) is 1. The Morgan fingerprint density at radius 3 is 2.48 bits per heavy atom. The molecule has 0 unspecified atom stereocenters. The van der Waals surface area contributed by atoms with Crippen LogP contribution >= 0.6 is 0 Å². The van der Waals surface area contributed by atoms with Gasteiger partial charge in [-0.25, -0.2) is 0 Å². The van der Waals surface area contributed by atoms with Crippen molar-refractivity contribution < 1.29 is 4.74 Å². The third kappa shape index (κ3) is 3.04. The SMILES string of the molecule is COc1ccc2nn(-c3ccc(C)cc3Nc3ccccc3)nc2c1. The number of aryl methyl sites for hydroxylation is 1. The molecule has 0 bridgehead atoms. The number of aromatic nitrogens is 3. The topological polar surface area (TPSA) is 52.0 Å². The predicted octanol–water partition coefficient (Wildman–Crippen LogP) is 4.48. The number of nitrogens with zero attached hydrogens (tertiary/aromatic N) is 3. The Morgan fingerprint density at radius 2 is 1.68 bits per heavy atom. The highest BCUT2D eigenvalue weighted by Gasteiger charge is 2.10. The lowest BCUT2D eigenvalue weighted by Crippen LogP contribution is -2.03. The molecule has 0 amide bonds. The van der Waals surface area contributed by atoms with E-state index in [9.17, 15) is 0 Å². The van der Waals surface area contributed by atoms with Crippen LogP contribution in [0.3, 0.4) is 0 Å². The molecule has 0 saturated carbocycles. The van der Waals surface area contributed by atoms with Crippen molar-refractivity contribution in [3.05, 3.63) is 72.3 Å². The highest BCUT2D eigenvalue weighted by Crippen LogP contribution is 2.26. The predicted molar refractivity (Wildman–Crippen MR) is 99.9 cm³/mol. The largest absolute Gasteiger partial charge is 0.497 e. The van der Waals surface area contributed by atoms with E-state index in [0.29, 0.717) is 0 Å². The lowest BCUT2D eigenvalue weighted by Gasteiger charge is -2.12. The van der Waals surface area contributed by atoms with Crippen LogP contribution in [0.5, 0.6) is 5.75 Å². The summed E-state index contributed by atoms with van der Waals surface area (Å²) in [5.41, 5.74) is 5.66. The Bertz CT molecular complexity index is 1020. The molecule has 25 heavy (non-hydrogen) atoms. The van der Waals surface area contributed by atoms with E-state index in [1.807, 2.05) is 54.6 Å². The van der Waals surface area contributed by atoms with E-state index in [-0.39, 0.29) is 0 Å². The van der Waals surface area contributed by atoms with Crippen molar-refractivity contribution in [3.8, 4) is 11.4 Å². The molecule has 0 fully saturated rings. The average Bonchev–Trinajstić information content (AvgIpc) is 3.05. The number of benzene rings is 3. The van der Waals surface area contributed by atoms with Crippen molar-refractivity contribution in [1.29, 1.82) is 0 Å². The number of rotatable bonds is 4. The molecular formula is C20H18N4O. The van der Waals surface area contributed by atoms with Crippen molar-refractivity contribution in [2.45, 2.75) is 6.92 Å². The van der Waals surface area contributed by atoms with Crippen LogP contribution in [0.4, 0.5) is 11.4 Å². The number of methoxy groups -OCH3 is 1. The number of hydrogen-bond acceptors (Lipinski definition) is 4. The first-order valence-electron chi connectivity index (χ1n) is 8.07. The fraction of sp³-hybridized carbons (Fsp3) is 0.100. The number of fused-ring (bicyclic) bond motifs is 1. The standard InChI is InChI=1S/C20H18N4O/c1-14-8-11-20(19(12-14)21-15-6-4-3-5-7-15)24-22-17-10-9-16(25-2)13-18(17)23-24/h3-13,21H,1-2H3. The van der Waals surface area contributed by atoms with Gasteiger partial charge in [-0.1, -0.05) is 24.3 Å².